The predicted molar refractivity (Wildman–Crippen MR) is 72.4 cm³/mol. The smallest absolute Gasteiger partial charge is 0.119 e. The minimum atomic E-state index is -0.0166. The SMILES string of the molecule is CCOc1cccc(C(Cc2cn(C)nn2)NN)c1. The van der Waals surface area contributed by atoms with Crippen LogP contribution in [0.25, 0.3) is 0 Å². The van der Waals surface area contributed by atoms with Gasteiger partial charge in [0.15, 0.2) is 0 Å². The maximum Gasteiger partial charge on any atom is 0.119 e. The van der Waals surface area contributed by atoms with E-state index in [1.54, 1.807) is 4.68 Å². The number of aromatic nitrogens is 3. The van der Waals surface area contributed by atoms with Crippen molar-refractivity contribution in [3.05, 3.63) is 41.7 Å². The fourth-order valence-corrected chi connectivity index (χ4v) is 1.96. The van der Waals surface area contributed by atoms with Crippen LogP contribution in [0.3, 0.4) is 0 Å². The quantitative estimate of drug-likeness (QED) is 0.598. The van der Waals surface area contributed by atoms with Gasteiger partial charge in [-0.15, -0.1) is 5.10 Å². The summed E-state index contributed by atoms with van der Waals surface area (Å²) in [5, 5.41) is 7.99. The van der Waals surface area contributed by atoms with Gasteiger partial charge in [-0.3, -0.25) is 16.0 Å². The van der Waals surface area contributed by atoms with Crippen molar-refractivity contribution in [2.45, 2.75) is 19.4 Å². The van der Waals surface area contributed by atoms with Gasteiger partial charge in [0.2, 0.25) is 0 Å². The van der Waals surface area contributed by atoms with Crippen LogP contribution in [0, 0.1) is 0 Å². The second kappa shape index (κ2) is 6.31. The number of rotatable bonds is 6. The van der Waals surface area contributed by atoms with Crippen molar-refractivity contribution in [3.63, 3.8) is 0 Å². The first-order valence-corrected chi connectivity index (χ1v) is 6.27. The topological polar surface area (TPSA) is 78.0 Å². The lowest BCUT2D eigenvalue weighted by Gasteiger charge is -2.16. The molecule has 1 heterocycles. The summed E-state index contributed by atoms with van der Waals surface area (Å²) in [7, 11) is 1.84. The molecule has 6 nitrogen and oxygen atoms in total. The zero-order valence-corrected chi connectivity index (χ0v) is 11.2. The van der Waals surface area contributed by atoms with Crippen LogP contribution in [0.2, 0.25) is 0 Å². The lowest BCUT2D eigenvalue weighted by molar-refractivity contribution is 0.339. The molecule has 0 saturated heterocycles. The number of nitrogens with one attached hydrogen (secondary N) is 1. The van der Waals surface area contributed by atoms with Crippen LogP contribution in [0.4, 0.5) is 0 Å². The van der Waals surface area contributed by atoms with Crippen molar-refractivity contribution in [2.24, 2.45) is 12.9 Å². The fraction of sp³-hybridized carbons (Fsp3) is 0.385. The highest BCUT2D eigenvalue weighted by molar-refractivity contribution is 5.31. The molecule has 1 aromatic heterocycles. The van der Waals surface area contributed by atoms with Gasteiger partial charge in [-0.25, -0.2) is 0 Å². The molecule has 0 spiro atoms. The minimum absolute atomic E-state index is 0.0166. The van der Waals surface area contributed by atoms with Gasteiger partial charge in [0.1, 0.15) is 5.75 Å². The summed E-state index contributed by atoms with van der Waals surface area (Å²) in [5.41, 5.74) is 4.78. The lowest BCUT2D eigenvalue weighted by atomic mass is 10.0. The third-order valence-corrected chi connectivity index (χ3v) is 2.84. The largest absolute Gasteiger partial charge is 0.494 e. The molecule has 102 valence electrons. The van der Waals surface area contributed by atoms with Gasteiger partial charge in [0, 0.05) is 19.7 Å². The highest BCUT2D eigenvalue weighted by atomic mass is 16.5. The molecular formula is C13H19N5O. The summed E-state index contributed by atoms with van der Waals surface area (Å²) < 4.78 is 7.17. The molecule has 2 aromatic rings. The molecule has 1 aromatic carbocycles. The Morgan fingerprint density at radius 3 is 2.95 bits per heavy atom. The summed E-state index contributed by atoms with van der Waals surface area (Å²) in [4.78, 5) is 0. The minimum Gasteiger partial charge on any atom is -0.494 e. The van der Waals surface area contributed by atoms with E-state index in [0.29, 0.717) is 13.0 Å². The number of nitrogens with zero attached hydrogens (tertiary/aromatic N) is 3. The summed E-state index contributed by atoms with van der Waals surface area (Å²) in [5.74, 6) is 6.48. The molecule has 1 unspecified atom stereocenters. The Morgan fingerprint density at radius 2 is 2.32 bits per heavy atom. The molecule has 0 amide bonds. The normalized spacial score (nSPS) is 12.4. The molecule has 1 atom stereocenters. The van der Waals surface area contributed by atoms with E-state index >= 15 is 0 Å². The van der Waals surface area contributed by atoms with E-state index in [1.807, 2.05) is 44.4 Å². The van der Waals surface area contributed by atoms with Gasteiger partial charge in [-0.2, -0.15) is 0 Å². The van der Waals surface area contributed by atoms with Crippen LogP contribution in [-0.4, -0.2) is 21.6 Å². The van der Waals surface area contributed by atoms with Gasteiger partial charge < -0.3 is 4.74 Å². The van der Waals surface area contributed by atoms with E-state index in [-0.39, 0.29) is 6.04 Å². The van der Waals surface area contributed by atoms with Crippen molar-refractivity contribution in [1.82, 2.24) is 20.4 Å². The monoisotopic (exact) mass is 261 g/mol. The average molecular weight is 261 g/mol. The molecule has 0 aliphatic rings. The van der Waals surface area contributed by atoms with E-state index in [9.17, 15) is 0 Å². The molecular weight excluding hydrogens is 242 g/mol. The van der Waals surface area contributed by atoms with Crippen LogP contribution in [0.5, 0.6) is 5.75 Å². The highest BCUT2D eigenvalue weighted by Crippen LogP contribution is 2.21. The molecule has 0 bridgehead atoms. The summed E-state index contributed by atoms with van der Waals surface area (Å²) in [6.07, 6.45) is 2.57. The number of hydrogen-bond acceptors (Lipinski definition) is 5. The molecule has 0 aliphatic heterocycles. The number of nitrogens with two attached hydrogens (primary N) is 1. The molecule has 0 radical (unpaired) electrons. The Bertz CT molecular complexity index is 525. The number of hydrogen-bond donors (Lipinski definition) is 2. The standard InChI is InChI=1S/C13H19N5O/c1-3-19-12-6-4-5-10(7-12)13(15-14)8-11-9-18(2)17-16-11/h4-7,9,13,15H,3,8,14H2,1-2H3. The molecule has 3 N–H and O–H groups in total. The molecule has 6 heteroatoms. The fourth-order valence-electron chi connectivity index (χ4n) is 1.96. The third-order valence-electron chi connectivity index (χ3n) is 2.84. The zero-order chi connectivity index (χ0) is 13.7. The zero-order valence-electron chi connectivity index (χ0n) is 11.2. The first kappa shape index (κ1) is 13.5. The van der Waals surface area contributed by atoms with Crippen molar-refractivity contribution in [1.29, 1.82) is 0 Å². The van der Waals surface area contributed by atoms with Crippen LogP contribution in [0.1, 0.15) is 24.2 Å². The van der Waals surface area contributed by atoms with Crippen LogP contribution in [0.15, 0.2) is 30.5 Å². The summed E-state index contributed by atoms with van der Waals surface area (Å²) in [6.45, 7) is 2.61. The maximum absolute atomic E-state index is 5.64. The van der Waals surface area contributed by atoms with E-state index in [2.05, 4.69) is 15.7 Å². The Balaban J connectivity index is 2.14. The maximum atomic E-state index is 5.64. The third kappa shape index (κ3) is 3.52. The van der Waals surface area contributed by atoms with Gasteiger partial charge in [0.05, 0.1) is 18.3 Å². The molecule has 0 aliphatic carbocycles. The first-order valence-electron chi connectivity index (χ1n) is 6.27. The first-order chi connectivity index (χ1) is 9.22. The van der Waals surface area contributed by atoms with Gasteiger partial charge >= 0.3 is 0 Å². The van der Waals surface area contributed by atoms with E-state index in [0.717, 1.165) is 17.0 Å². The van der Waals surface area contributed by atoms with E-state index in [4.69, 9.17) is 10.6 Å². The van der Waals surface area contributed by atoms with Gasteiger partial charge in [-0.05, 0) is 24.6 Å². The number of benzene rings is 1. The van der Waals surface area contributed by atoms with E-state index < -0.39 is 0 Å². The summed E-state index contributed by atoms with van der Waals surface area (Å²) >= 11 is 0. The Labute approximate surface area is 112 Å². The highest BCUT2D eigenvalue weighted by Gasteiger charge is 2.13. The summed E-state index contributed by atoms with van der Waals surface area (Å²) in [6, 6.07) is 7.88. The van der Waals surface area contributed by atoms with Crippen molar-refractivity contribution in [3.8, 4) is 5.75 Å². The second-order valence-corrected chi connectivity index (χ2v) is 4.31. The van der Waals surface area contributed by atoms with E-state index in [1.165, 1.54) is 0 Å². The average Bonchev–Trinajstić information content (AvgIpc) is 2.82. The Hall–Kier alpha value is -1.92. The van der Waals surface area contributed by atoms with Crippen molar-refractivity contribution >= 4 is 0 Å². The molecule has 0 saturated carbocycles. The number of aryl methyl sites for hydroxylation is 1. The lowest BCUT2D eigenvalue weighted by Crippen LogP contribution is -2.29. The van der Waals surface area contributed by atoms with Crippen LogP contribution >= 0.6 is 0 Å². The van der Waals surface area contributed by atoms with Gasteiger partial charge in [-0.1, -0.05) is 17.3 Å². The van der Waals surface area contributed by atoms with Crippen LogP contribution < -0.4 is 16.0 Å². The van der Waals surface area contributed by atoms with Crippen LogP contribution in [-0.2, 0) is 13.5 Å². The van der Waals surface area contributed by atoms with Crippen molar-refractivity contribution in [2.75, 3.05) is 6.61 Å². The number of ether oxygens (including phenoxy) is 1. The van der Waals surface area contributed by atoms with Crippen molar-refractivity contribution < 1.29 is 4.74 Å². The molecule has 0 fully saturated rings. The molecule has 2 rings (SSSR count). The second-order valence-electron chi connectivity index (χ2n) is 4.31. The Kier molecular flexibility index (Phi) is 4.48. The molecule has 19 heavy (non-hydrogen) atoms. The number of hydrazine groups is 1. The Morgan fingerprint density at radius 1 is 1.47 bits per heavy atom. The predicted octanol–water partition coefficient (Wildman–Crippen LogP) is 0.961. The van der Waals surface area contributed by atoms with Gasteiger partial charge in [0.25, 0.3) is 0 Å².